The highest BCUT2D eigenvalue weighted by Gasteiger charge is 2.28. The van der Waals surface area contributed by atoms with E-state index >= 15 is 0 Å². The van der Waals surface area contributed by atoms with Crippen molar-refractivity contribution in [2.24, 2.45) is 5.73 Å². The van der Waals surface area contributed by atoms with E-state index in [-0.39, 0.29) is 12.1 Å². The Morgan fingerprint density at radius 3 is 2.23 bits per heavy atom. The summed E-state index contributed by atoms with van der Waals surface area (Å²) in [6, 6.07) is 10.2. The molecule has 3 rings (SSSR count). The van der Waals surface area contributed by atoms with Gasteiger partial charge in [0.25, 0.3) is 0 Å². The van der Waals surface area contributed by atoms with Crippen LogP contribution in [0.3, 0.4) is 0 Å². The summed E-state index contributed by atoms with van der Waals surface area (Å²) in [6.45, 7) is 8.83. The van der Waals surface area contributed by atoms with Crippen LogP contribution in [0, 0.1) is 27.7 Å². The van der Waals surface area contributed by atoms with Crippen molar-refractivity contribution >= 4 is 0 Å². The predicted molar refractivity (Wildman–Crippen MR) is 88.7 cm³/mol. The Kier molecular flexibility index (Phi) is 3.83. The van der Waals surface area contributed by atoms with Crippen LogP contribution in [0.4, 0.5) is 0 Å². The fourth-order valence-electron chi connectivity index (χ4n) is 2.70. The van der Waals surface area contributed by atoms with Gasteiger partial charge in [-0.3, -0.25) is 0 Å². The molecule has 0 aliphatic carbocycles. The molecule has 0 amide bonds. The molecular weight excluding hydrogens is 274 g/mol. The number of hydrogen-bond donors (Lipinski definition) is 1. The first-order chi connectivity index (χ1) is 10.5. The van der Waals surface area contributed by atoms with Crippen molar-refractivity contribution < 1.29 is 9.47 Å². The second-order valence-corrected chi connectivity index (χ2v) is 6.22. The molecule has 0 bridgehead atoms. The molecule has 2 unspecified atom stereocenters. The van der Waals surface area contributed by atoms with Gasteiger partial charge in [-0.1, -0.05) is 18.2 Å². The molecule has 0 fully saturated rings. The first kappa shape index (κ1) is 14.9. The summed E-state index contributed by atoms with van der Waals surface area (Å²) in [6.07, 6.45) is -0.170. The lowest BCUT2D eigenvalue weighted by Crippen LogP contribution is -2.39. The smallest absolute Gasteiger partial charge is 0.162 e. The van der Waals surface area contributed by atoms with Crippen molar-refractivity contribution in [3.63, 3.8) is 0 Å². The van der Waals surface area contributed by atoms with Gasteiger partial charge >= 0.3 is 0 Å². The predicted octanol–water partition coefficient (Wildman–Crippen LogP) is 3.76. The Morgan fingerprint density at radius 1 is 0.909 bits per heavy atom. The number of aryl methyl sites for hydroxylation is 4. The molecule has 1 aliphatic rings. The Balaban J connectivity index is 1.84. The van der Waals surface area contributed by atoms with Gasteiger partial charge in [-0.15, -0.1) is 0 Å². The van der Waals surface area contributed by atoms with Crippen LogP contribution in [-0.4, -0.2) is 12.7 Å². The maximum Gasteiger partial charge on any atom is 0.162 e. The van der Waals surface area contributed by atoms with E-state index in [0.717, 1.165) is 17.1 Å². The van der Waals surface area contributed by atoms with Crippen molar-refractivity contribution in [2.75, 3.05) is 6.61 Å². The molecule has 1 heterocycles. The molecule has 0 aromatic heterocycles. The van der Waals surface area contributed by atoms with E-state index in [4.69, 9.17) is 15.2 Å². The van der Waals surface area contributed by atoms with Crippen LogP contribution in [0.1, 0.15) is 33.9 Å². The van der Waals surface area contributed by atoms with Crippen LogP contribution in [0.25, 0.3) is 0 Å². The van der Waals surface area contributed by atoms with Gasteiger partial charge in [0.1, 0.15) is 6.61 Å². The summed E-state index contributed by atoms with van der Waals surface area (Å²) in [4.78, 5) is 0. The maximum atomic E-state index is 6.41. The Bertz CT molecular complexity index is 709. The van der Waals surface area contributed by atoms with Crippen LogP contribution in [0.15, 0.2) is 30.3 Å². The zero-order valence-electron chi connectivity index (χ0n) is 13.6. The lowest BCUT2D eigenvalue weighted by Gasteiger charge is -2.31. The lowest BCUT2D eigenvalue weighted by molar-refractivity contribution is 0.0719. The van der Waals surface area contributed by atoms with E-state index in [1.54, 1.807) is 0 Å². The zero-order valence-corrected chi connectivity index (χ0v) is 13.6. The van der Waals surface area contributed by atoms with E-state index < -0.39 is 0 Å². The largest absolute Gasteiger partial charge is 0.486 e. The first-order valence-electron chi connectivity index (χ1n) is 7.69. The molecule has 0 spiro atoms. The molecule has 2 aromatic rings. The van der Waals surface area contributed by atoms with Crippen LogP contribution >= 0.6 is 0 Å². The van der Waals surface area contributed by atoms with Crippen LogP contribution in [0.2, 0.25) is 0 Å². The second-order valence-electron chi connectivity index (χ2n) is 6.22. The van der Waals surface area contributed by atoms with Gasteiger partial charge in [0, 0.05) is 0 Å². The third-order valence-corrected chi connectivity index (χ3v) is 4.56. The highest BCUT2D eigenvalue weighted by atomic mass is 16.6. The number of nitrogens with two attached hydrogens (primary N) is 1. The summed E-state index contributed by atoms with van der Waals surface area (Å²) in [5.74, 6) is 1.60. The van der Waals surface area contributed by atoms with Gasteiger partial charge in [0.15, 0.2) is 17.6 Å². The van der Waals surface area contributed by atoms with Crippen molar-refractivity contribution in [1.29, 1.82) is 0 Å². The van der Waals surface area contributed by atoms with E-state index in [1.807, 2.05) is 12.1 Å². The second kappa shape index (κ2) is 5.65. The fourth-order valence-corrected chi connectivity index (χ4v) is 2.70. The number of hydrogen-bond acceptors (Lipinski definition) is 3. The average Bonchev–Trinajstić information content (AvgIpc) is 2.50. The molecular formula is C19H23NO2. The lowest BCUT2D eigenvalue weighted by atomic mass is 9.97. The minimum Gasteiger partial charge on any atom is -0.486 e. The molecule has 116 valence electrons. The molecule has 3 heteroatoms. The third kappa shape index (κ3) is 2.69. The normalized spacial score (nSPS) is 18.1. The maximum absolute atomic E-state index is 6.41. The van der Waals surface area contributed by atoms with Crippen molar-refractivity contribution in [1.82, 2.24) is 0 Å². The van der Waals surface area contributed by atoms with E-state index in [9.17, 15) is 0 Å². The topological polar surface area (TPSA) is 44.5 Å². The van der Waals surface area contributed by atoms with E-state index in [0.29, 0.717) is 6.61 Å². The zero-order chi connectivity index (χ0) is 15.9. The van der Waals surface area contributed by atoms with Crippen LogP contribution in [-0.2, 0) is 0 Å². The summed E-state index contributed by atoms with van der Waals surface area (Å²) >= 11 is 0. The minimum atomic E-state index is -0.200. The molecule has 22 heavy (non-hydrogen) atoms. The van der Waals surface area contributed by atoms with Crippen molar-refractivity contribution in [2.45, 2.75) is 39.8 Å². The third-order valence-electron chi connectivity index (χ3n) is 4.56. The van der Waals surface area contributed by atoms with Gasteiger partial charge in [-0.2, -0.15) is 0 Å². The Hall–Kier alpha value is -2.00. The summed E-state index contributed by atoms with van der Waals surface area (Å²) < 4.78 is 12.0. The molecule has 0 saturated heterocycles. The highest BCUT2D eigenvalue weighted by Crippen LogP contribution is 2.36. The molecule has 2 N–H and O–H groups in total. The standard InChI is InChI=1S/C19H23NO2/c1-11-5-6-15(7-12(11)2)19(20)18-10-21-16-8-13(3)14(4)9-17(16)22-18/h5-9,18-19H,10,20H2,1-4H3. The van der Waals surface area contributed by atoms with Crippen LogP contribution < -0.4 is 15.2 Å². The number of rotatable bonds is 2. The Morgan fingerprint density at radius 2 is 1.55 bits per heavy atom. The quantitative estimate of drug-likeness (QED) is 0.918. The molecule has 3 nitrogen and oxygen atoms in total. The number of ether oxygens (including phenoxy) is 2. The van der Waals surface area contributed by atoms with Gasteiger partial charge in [0.05, 0.1) is 6.04 Å². The van der Waals surface area contributed by atoms with Crippen molar-refractivity contribution in [3.05, 3.63) is 58.1 Å². The molecule has 0 saturated carbocycles. The minimum absolute atomic E-state index is 0.170. The summed E-state index contributed by atoms with van der Waals surface area (Å²) in [5, 5.41) is 0. The van der Waals surface area contributed by atoms with Crippen molar-refractivity contribution in [3.8, 4) is 11.5 Å². The van der Waals surface area contributed by atoms with Crippen LogP contribution in [0.5, 0.6) is 11.5 Å². The molecule has 0 radical (unpaired) electrons. The first-order valence-corrected chi connectivity index (χ1v) is 7.69. The van der Waals surface area contributed by atoms with Gasteiger partial charge < -0.3 is 15.2 Å². The molecule has 1 aliphatic heterocycles. The molecule has 2 atom stereocenters. The SMILES string of the molecule is Cc1ccc(C(N)C2COc3cc(C)c(C)cc3O2)cc1C. The van der Waals surface area contributed by atoms with Gasteiger partial charge in [0.2, 0.25) is 0 Å². The van der Waals surface area contributed by atoms with Gasteiger partial charge in [-0.25, -0.2) is 0 Å². The van der Waals surface area contributed by atoms with E-state index in [1.165, 1.54) is 22.3 Å². The average molecular weight is 297 g/mol. The summed E-state index contributed by atoms with van der Waals surface area (Å²) in [7, 11) is 0. The monoisotopic (exact) mass is 297 g/mol. The van der Waals surface area contributed by atoms with Gasteiger partial charge in [-0.05, 0) is 67.6 Å². The number of benzene rings is 2. The summed E-state index contributed by atoms with van der Waals surface area (Å²) in [5.41, 5.74) is 12.4. The highest BCUT2D eigenvalue weighted by molar-refractivity contribution is 5.47. The van der Waals surface area contributed by atoms with E-state index in [2.05, 4.69) is 45.9 Å². The Labute approximate surface area is 132 Å². The molecule has 2 aromatic carbocycles. The number of fused-ring (bicyclic) bond motifs is 1. The fraction of sp³-hybridized carbons (Fsp3) is 0.368.